The second-order valence-electron chi connectivity index (χ2n) is 2.47. The molecule has 1 rings (SSSR count). The van der Waals surface area contributed by atoms with E-state index in [1.54, 1.807) is 14.0 Å². The van der Waals surface area contributed by atoms with Gasteiger partial charge in [0, 0.05) is 7.05 Å². The minimum atomic E-state index is -0.427. The molecule has 0 aromatic carbocycles. The lowest BCUT2D eigenvalue weighted by Crippen LogP contribution is -2.28. The largest absolute Gasteiger partial charge is 0.366 e. The molecule has 0 aliphatic rings. The van der Waals surface area contributed by atoms with Gasteiger partial charge in [-0.2, -0.15) is 4.98 Å². The molecular formula is C6H10BrN5O. The molecule has 0 aliphatic heterocycles. The number of nitrogens with zero attached hydrogens (tertiary/aromatic N) is 3. The lowest BCUT2D eigenvalue weighted by atomic mass is 10.3. The van der Waals surface area contributed by atoms with Crippen LogP contribution in [0, 0.1) is 0 Å². The number of aromatic nitrogens is 3. The fourth-order valence-electron chi connectivity index (χ4n) is 0.886. The third-order valence-electron chi connectivity index (χ3n) is 1.60. The number of hydrogen-bond acceptors (Lipinski definition) is 4. The van der Waals surface area contributed by atoms with Crippen molar-refractivity contribution in [2.24, 2.45) is 0 Å². The van der Waals surface area contributed by atoms with Crippen LogP contribution in [0.25, 0.3) is 0 Å². The minimum Gasteiger partial charge on any atom is -0.366 e. The summed E-state index contributed by atoms with van der Waals surface area (Å²) in [5, 5.41) is 6.37. The average molecular weight is 248 g/mol. The highest BCUT2D eigenvalue weighted by Gasteiger charge is 2.17. The molecule has 6 nitrogen and oxygen atoms in total. The van der Waals surface area contributed by atoms with Crippen molar-refractivity contribution >= 4 is 27.8 Å². The Labute approximate surface area is 83.6 Å². The number of carbonyl (C=O) groups is 1. The van der Waals surface area contributed by atoms with Gasteiger partial charge in [0.15, 0.2) is 4.73 Å². The van der Waals surface area contributed by atoms with Crippen LogP contribution < -0.4 is 11.1 Å². The molecule has 7 heteroatoms. The summed E-state index contributed by atoms with van der Waals surface area (Å²) in [7, 11) is 1.56. The van der Waals surface area contributed by atoms with Gasteiger partial charge in [-0.1, -0.05) is 0 Å². The van der Waals surface area contributed by atoms with E-state index in [-0.39, 0.29) is 11.9 Å². The third kappa shape index (κ3) is 1.97. The highest BCUT2D eigenvalue weighted by molar-refractivity contribution is 9.10. The summed E-state index contributed by atoms with van der Waals surface area (Å²) in [5.41, 5.74) is 5.35. The average Bonchev–Trinajstić information content (AvgIpc) is 2.42. The van der Waals surface area contributed by atoms with E-state index < -0.39 is 6.04 Å². The standard InChI is InChI=1S/C6H10BrN5O/c1-3(4(13)9-2)12-5(7)10-6(8)11-12/h3H,1-2H3,(H2,8,11)(H,9,13). The Balaban J connectivity index is 2.94. The van der Waals surface area contributed by atoms with Crippen LogP contribution in [0.1, 0.15) is 13.0 Å². The van der Waals surface area contributed by atoms with Gasteiger partial charge < -0.3 is 11.1 Å². The number of anilines is 1. The number of rotatable bonds is 2. The van der Waals surface area contributed by atoms with Gasteiger partial charge in [-0.25, -0.2) is 4.68 Å². The summed E-state index contributed by atoms with van der Waals surface area (Å²) in [6.45, 7) is 1.71. The summed E-state index contributed by atoms with van der Waals surface area (Å²) >= 11 is 3.14. The first-order chi connectivity index (χ1) is 6.06. The van der Waals surface area contributed by atoms with Gasteiger partial charge in [-0.3, -0.25) is 4.79 Å². The Morgan fingerprint density at radius 3 is 2.77 bits per heavy atom. The summed E-state index contributed by atoms with van der Waals surface area (Å²) in [5.74, 6) is -0.00627. The summed E-state index contributed by atoms with van der Waals surface area (Å²) < 4.78 is 1.86. The second-order valence-corrected chi connectivity index (χ2v) is 3.18. The van der Waals surface area contributed by atoms with Crippen molar-refractivity contribution in [2.75, 3.05) is 12.8 Å². The summed E-state index contributed by atoms with van der Waals surface area (Å²) in [4.78, 5) is 15.0. The molecule has 1 unspecified atom stereocenters. The molecule has 1 aromatic rings. The maximum absolute atomic E-state index is 11.2. The van der Waals surface area contributed by atoms with E-state index in [1.165, 1.54) is 4.68 Å². The zero-order valence-electron chi connectivity index (χ0n) is 7.28. The molecule has 13 heavy (non-hydrogen) atoms. The first-order valence-electron chi connectivity index (χ1n) is 3.65. The number of halogens is 1. The van der Waals surface area contributed by atoms with Crippen LogP contribution in [-0.4, -0.2) is 27.7 Å². The first kappa shape index (κ1) is 9.97. The molecular weight excluding hydrogens is 238 g/mol. The van der Waals surface area contributed by atoms with Gasteiger partial charge in [-0.15, -0.1) is 5.10 Å². The maximum Gasteiger partial charge on any atom is 0.244 e. The van der Waals surface area contributed by atoms with Crippen LogP contribution in [0.15, 0.2) is 4.73 Å². The number of nitrogens with one attached hydrogen (secondary N) is 1. The van der Waals surface area contributed by atoms with Crippen LogP contribution in [0.3, 0.4) is 0 Å². The Morgan fingerprint density at radius 1 is 1.77 bits per heavy atom. The number of likely N-dealkylation sites (N-methyl/N-ethyl adjacent to an activating group) is 1. The fourth-order valence-corrected chi connectivity index (χ4v) is 1.45. The normalized spacial score (nSPS) is 12.5. The van der Waals surface area contributed by atoms with Crippen molar-refractivity contribution in [1.29, 1.82) is 0 Å². The van der Waals surface area contributed by atoms with Crippen LogP contribution in [0.4, 0.5) is 5.95 Å². The van der Waals surface area contributed by atoms with E-state index in [9.17, 15) is 4.79 Å². The van der Waals surface area contributed by atoms with E-state index in [4.69, 9.17) is 5.73 Å². The first-order valence-corrected chi connectivity index (χ1v) is 4.44. The number of nitrogen functional groups attached to an aromatic ring is 1. The molecule has 0 radical (unpaired) electrons. The fraction of sp³-hybridized carbons (Fsp3) is 0.500. The zero-order valence-corrected chi connectivity index (χ0v) is 8.87. The maximum atomic E-state index is 11.2. The van der Waals surface area contributed by atoms with E-state index in [1.807, 2.05) is 0 Å². The molecule has 1 atom stereocenters. The van der Waals surface area contributed by atoms with Gasteiger partial charge in [-0.05, 0) is 22.9 Å². The Kier molecular flexibility index (Phi) is 2.86. The molecule has 72 valence electrons. The molecule has 3 N–H and O–H groups in total. The van der Waals surface area contributed by atoms with Crippen molar-refractivity contribution in [3.05, 3.63) is 4.73 Å². The quantitative estimate of drug-likeness (QED) is 0.767. The lowest BCUT2D eigenvalue weighted by molar-refractivity contribution is -0.123. The molecule has 0 bridgehead atoms. The van der Waals surface area contributed by atoms with Crippen LogP contribution in [0.5, 0.6) is 0 Å². The van der Waals surface area contributed by atoms with Crippen LogP contribution in [0.2, 0.25) is 0 Å². The number of hydrogen-bond donors (Lipinski definition) is 2. The van der Waals surface area contributed by atoms with Crippen molar-refractivity contribution in [3.8, 4) is 0 Å². The predicted molar refractivity (Wildman–Crippen MR) is 50.9 cm³/mol. The van der Waals surface area contributed by atoms with Crippen LogP contribution in [-0.2, 0) is 4.79 Å². The Bertz CT molecular complexity index is 323. The smallest absolute Gasteiger partial charge is 0.244 e. The SMILES string of the molecule is CNC(=O)C(C)n1nc(N)nc1Br. The molecule has 0 aliphatic carbocycles. The van der Waals surface area contributed by atoms with Crippen molar-refractivity contribution in [3.63, 3.8) is 0 Å². The monoisotopic (exact) mass is 247 g/mol. The van der Waals surface area contributed by atoms with Crippen molar-refractivity contribution in [2.45, 2.75) is 13.0 Å². The second kappa shape index (κ2) is 3.73. The Hall–Kier alpha value is -1.11. The number of amides is 1. The molecule has 0 fully saturated rings. The minimum absolute atomic E-state index is 0.141. The third-order valence-corrected chi connectivity index (χ3v) is 2.14. The molecule has 1 aromatic heterocycles. The number of carbonyl (C=O) groups excluding carboxylic acids is 1. The molecule has 1 amide bonds. The van der Waals surface area contributed by atoms with Gasteiger partial charge in [0.05, 0.1) is 0 Å². The van der Waals surface area contributed by atoms with Gasteiger partial charge in [0.1, 0.15) is 6.04 Å². The lowest BCUT2D eigenvalue weighted by Gasteiger charge is -2.09. The topological polar surface area (TPSA) is 85.8 Å². The predicted octanol–water partition coefficient (Wildman–Crippen LogP) is -0.0702. The Morgan fingerprint density at radius 2 is 2.38 bits per heavy atom. The van der Waals surface area contributed by atoms with Crippen LogP contribution >= 0.6 is 15.9 Å². The van der Waals surface area contributed by atoms with E-state index in [0.29, 0.717) is 4.73 Å². The van der Waals surface area contributed by atoms with Gasteiger partial charge in [0.25, 0.3) is 0 Å². The van der Waals surface area contributed by atoms with Gasteiger partial charge >= 0.3 is 0 Å². The molecule has 0 spiro atoms. The van der Waals surface area contributed by atoms with Crippen molar-refractivity contribution < 1.29 is 4.79 Å². The van der Waals surface area contributed by atoms with E-state index in [2.05, 4.69) is 31.3 Å². The highest BCUT2D eigenvalue weighted by atomic mass is 79.9. The number of nitrogens with two attached hydrogens (primary N) is 1. The van der Waals surface area contributed by atoms with Crippen molar-refractivity contribution in [1.82, 2.24) is 20.1 Å². The summed E-state index contributed by atoms with van der Waals surface area (Å²) in [6.07, 6.45) is 0. The van der Waals surface area contributed by atoms with E-state index in [0.717, 1.165) is 0 Å². The highest BCUT2D eigenvalue weighted by Crippen LogP contribution is 2.14. The zero-order chi connectivity index (χ0) is 10.0. The molecule has 0 saturated heterocycles. The summed E-state index contributed by atoms with van der Waals surface area (Å²) in [6, 6.07) is -0.427. The van der Waals surface area contributed by atoms with Gasteiger partial charge in [0.2, 0.25) is 11.9 Å². The molecule has 0 saturated carbocycles. The van der Waals surface area contributed by atoms with E-state index >= 15 is 0 Å². The molecule has 1 heterocycles.